The fourth-order valence-electron chi connectivity index (χ4n) is 2.27. The Morgan fingerprint density at radius 3 is 3.06 bits per heavy atom. The number of hydrogen-bond acceptors (Lipinski definition) is 2. The lowest BCUT2D eigenvalue weighted by Crippen LogP contribution is -2.39. The molecule has 2 heteroatoms. The lowest BCUT2D eigenvalue weighted by atomic mass is 9.99. The molecular weight excluding hydrogens is 214 g/mol. The van der Waals surface area contributed by atoms with Crippen molar-refractivity contribution in [1.29, 1.82) is 0 Å². The van der Waals surface area contributed by atoms with Crippen LogP contribution >= 0.6 is 11.3 Å². The molecule has 1 aromatic heterocycles. The van der Waals surface area contributed by atoms with Crippen LogP contribution in [0.25, 0.3) is 0 Å². The standard InChI is InChI=1S/C14H21NS/c1-2-12(11-14-9-6-10-16-14)15-13-7-4-3-5-8-13/h3-4,6,9-10,12-13,15H,2,5,7-8,11H2,1H3. The molecule has 0 amide bonds. The number of nitrogens with one attached hydrogen (secondary N) is 1. The van der Waals surface area contributed by atoms with Gasteiger partial charge in [-0.05, 0) is 43.6 Å². The van der Waals surface area contributed by atoms with E-state index in [1.165, 1.54) is 37.0 Å². The smallest absolute Gasteiger partial charge is 0.0115 e. The summed E-state index contributed by atoms with van der Waals surface area (Å²) < 4.78 is 0. The molecule has 2 unspecified atom stereocenters. The van der Waals surface area contributed by atoms with Gasteiger partial charge in [0.15, 0.2) is 0 Å². The minimum absolute atomic E-state index is 0.648. The topological polar surface area (TPSA) is 12.0 Å². The number of rotatable bonds is 5. The van der Waals surface area contributed by atoms with E-state index in [9.17, 15) is 0 Å². The van der Waals surface area contributed by atoms with Crippen LogP contribution in [-0.4, -0.2) is 12.1 Å². The minimum Gasteiger partial charge on any atom is -0.311 e. The van der Waals surface area contributed by atoms with Gasteiger partial charge in [0.2, 0.25) is 0 Å². The molecule has 0 fully saturated rings. The van der Waals surface area contributed by atoms with E-state index in [1.807, 2.05) is 11.3 Å². The monoisotopic (exact) mass is 235 g/mol. The molecule has 1 nitrogen and oxygen atoms in total. The van der Waals surface area contributed by atoms with Gasteiger partial charge in [-0.15, -0.1) is 11.3 Å². The van der Waals surface area contributed by atoms with Crippen molar-refractivity contribution in [2.45, 2.75) is 51.1 Å². The van der Waals surface area contributed by atoms with E-state index in [4.69, 9.17) is 0 Å². The first-order valence-electron chi connectivity index (χ1n) is 6.32. The van der Waals surface area contributed by atoms with Crippen molar-refractivity contribution in [1.82, 2.24) is 5.32 Å². The molecule has 0 saturated heterocycles. The molecular formula is C14H21NS. The van der Waals surface area contributed by atoms with Gasteiger partial charge in [-0.3, -0.25) is 0 Å². The van der Waals surface area contributed by atoms with Crippen molar-refractivity contribution in [3.8, 4) is 0 Å². The summed E-state index contributed by atoms with van der Waals surface area (Å²) in [5.41, 5.74) is 0. The van der Waals surface area contributed by atoms with Crippen molar-refractivity contribution in [2.24, 2.45) is 0 Å². The average molecular weight is 235 g/mol. The zero-order valence-electron chi connectivity index (χ0n) is 9.99. The minimum atomic E-state index is 0.648. The maximum absolute atomic E-state index is 3.80. The highest BCUT2D eigenvalue weighted by atomic mass is 32.1. The van der Waals surface area contributed by atoms with Crippen LogP contribution in [-0.2, 0) is 6.42 Å². The van der Waals surface area contributed by atoms with Gasteiger partial charge in [0.05, 0.1) is 0 Å². The Bertz CT molecular complexity index is 315. The highest BCUT2D eigenvalue weighted by molar-refractivity contribution is 7.09. The molecule has 1 aliphatic rings. The van der Waals surface area contributed by atoms with Crippen LogP contribution in [0.2, 0.25) is 0 Å². The molecule has 0 aliphatic heterocycles. The SMILES string of the molecule is CCC(Cc1cccs1)NC1CC=CCC1. The Balaban J connectivity index is 1.83. The van der Waals surface area contributed by atoms with Crippen molar-refractivity contribution in [3.63, 3.8) is 0 Å². The molecule has 0 radical (unpaired) electrons. The number of allylic oxidation sites excluding steroid dienone is 1. The maximum atomic E-state index is 3.80. The third-order valence-corrected chi connectivity index (χ3v) is 4.16. The van der Waals surface area contributed by atoms with Crippen molar-refractivity contribution in [3.05, 3.63) is 34.5 Å². The summed E-state index contributed by atoms with van der Waals surface area (Å²) in [4.78, 5) is 1.51. The molecule has 2 atom stereocenters. The molecule has 88 valence electrons. The Hall–Kier alpha value is -0.600. The molecule has 0 aromatic carbocycles. The third-order valence-electron chi connectivity index (χ3n) is 3.26. The van der Waals surface area contributed by atoms with Gasteiger partial charge in [0.25, 0.3) is 0 Å². The molecule has 1 aliphatic carbocycles. The third kappa shape index (κ3) is 3.46. The Kier molecular flexibility index (Phi) is 4.61. The Morgan fingerprint density at radius 2 is 2.44 bits per heavy atom. The average Bonchev–Trinajstić information content (AvgIpc) is 2.82. The lowest BCUT2D eigenvalue weighted by molar-refractivity contribution is 0.393. The van der Waals surface area contributed by atoms with E-state index < -0.39 is 0 Å². The zero-order valence-corrected chi connectivity index (χ0v) is 10.8. The molecule has 1 aromatic rings. The van der Waals surface area contributed by atoms with Gasteiger partial charge in [-0.2, -0.15) is 0 Å². The molecule has 2 rings (SSSR count). The second-order valence-electron chi connectivity index (χ2n) is 4.54. The summed E-state index contributed by atoms with van der Waals surface area (Å²) in [5, 5.41) is 5.97. The van der Waals surface area contributed by atoms with Gasteiger partial charge >= 0.3 is 0 Å². The summed E-state index contributed by atoms with van der Waals surface area (Å²) in [7, 11) is 0. The maximum Gasteiger partial charge on any atom is 0.0115 e. The van der Waals surface area contributed by atoms with E-state index in [1.54, 1.807) is 0 Å². The molecule has 0 bridgehead atoms. The van der Waals surface area contributed by atoms with Gasteiger partial charge < -0.3 is 5.32 Å². The van der Waals surface area contributed by atoms with Gasteiger partial charge in [0.1, 0.15) is 0 Å². The van der Waals surface area contributed by atoms with E-state index in [0.29, 0.717) is 12.1 Å². The highest BCUT2D eigenvalue weighted by Crippen LogP contribution is 2.16. The quantitative estimate of drug-likeness (QED) is 0.766. The summed E-state index contributed by atoms with van der Waals surface area (Å²) in [6.07, 6.45) is 10.8. The second-order valence-corrected chi connectivity index (χ2v) is 5.57. The number of thiophene rings is 1. The predicted molar refractivity (Wildman–Crippen MR) is 72.0 cm³/mol. The van der Waals surface area contributed by atoms with Crippen LogP contribution in [0.5, 0.6) is 0 Å². The molecule has 0 spiro atoms. The van der Waals surface area contributed by atoms with E-state index in [2.05, 4.69) is 41.9 Å². The largest absolute Gasteiger partial charge is 0.311 e. The molecule has 1 N–H and O–H groups in total. The van der Waals surface area contributed by atoms with Crippen LogP contribution in [0.1, 0.15) is 37.5 Å². The van der Waals surface area contributed by atoms with Gasteiger partial charge in [-0.25, -0.2) is 0 Å². The van der Waals surface area contributed by atoms with E-state index in [0.717, 1.165) is 0 Å². The first-order valence-corrected chi connectivity index (χ1v) is 7.20. The van der Waals surface area contributed by atoms with Crippen molar-refractivity contribution in [2.75, 3.05) is 0 Å². The first-order chi connectivity index (χ1) is 7.88. The van der Waals surface area contributed by atoms with Crippen molar-refractivity contribution < 1.29 is 0 Å². The van der Waals surface area contributed by atoms with E-state index in [-0.39, 0.29) is 0 Å². The zero-order chi connectivity index (χ0) is 11.2. The predicted octanol–water partition coefficient (Wildman–Crippen LogP) is 3.77. The second kappa shape index (κ2) is 6.21. The lowest BCUT2D eigenvalue weighted by Gasteiger charge is -2.25. The van der Waals surface area contributed by atoms with Gasteiger partial charge in [0, 0.05) is 17.0 Å². The molecule has 16 heavy (non-hydrogen) atoms. The summed E-state index contributed by atoms with van der Waals surface area (Å²) >= 11 is 1.87. The van der Waals surface area contributed by atoms with Crippen LogP contribution in [0, 0.1) is 0 Å². The normalized spacial score (nSPS) is 22.2. The highest BCUT2D eigenvalue weighted by Gasteiger charge is 2.15. The first kappa shape index (κ1) is 11.9. The molecule has 0 saturated carbocycles. The molecule has 1 heterocycles. The number of hydrogen-bond donors (Lipinski definition) is 1. The van der Waals surface area contributed by atoms with Gasteiger partial charge in [-0.1, -0.05) is 25.1 Å². The Labute approximate surface area is 103 Å². The van der Waals surface area contributed by atoms with Crippen molar-refractivity contribution >= 4 is 11.3 Å². The summed E-state index contributed by atoms with van der Waals surface area (Å²) in [5.74, 6) is 0. The van der Waals surface area contributed by atoms with E-state index >= 15 is 0 Å². The van der Waals surface area contributed by atoms with Crippen LogP contribution < -0.4 is 5.32 Å². The summed E-state index contributed by atoms with van der Waals surface area (Å²) in [6, 6.07) is 5.75. The van der Waals surface area contributed by atoms with Crippen LogP contribution in [0.15, 0.2) is 29.7 Å². The fourth-order valence-corrected chi connectivity index (χ4v) is 3.06. The summed E-state index contributed by atoms with van der Waals surface area (Å²) in [6.45, 7) is 2.28. The van der Waals surface area contributed by atoms with Crippen LogP contribution in [0.4, 0.5) is 0 Å². The van der Waals surface area contributed by atoms with Crippen LogP contribution in [0.3, 0.4) is 0 Å². The Morgan fingerprint density at radius 1 is 1.50 bits per heavy atom. The fraction of sp³-hybridized carbons (Fsp3) is 0.571.